The maximum absolute atomic E-state index is 12.6. The molecule has 0 radical (unpaired) electrons. The zero-order valence-electron chi connectivity index (χ0n) is 15.8. The van der Waals surface area contributed by atoms with Crippen LogP contribution in [0.25, 0.3) is 0 Å². The number of thiophene rings is 1. The predicted molar refractivity (Wildman–Crippen MR) is 113 cm³/mol. The van der Waals surface area contributed by atoms with Gasteiger partial charge in [-0.25, -0.2) is 0 Å². The van der Waals surface area contributed by atoms with E-state index < -0.39 is 0 Å². The van der Waals surface area contributed by atoms with E-state index in [2.05, 4.69) is 10.6 Å². The first-order chi connectivity index (χ1) is 14.1. The van der Waals surface area contributed by atoms with Crippen molar-refractivity contribution in [3.8, 4) is 11.5 Å². The van der Waals surface area contributed by atoms with Crippen molar-refractivity contribution in [1.82, 2.24) is 0 Å². The zero-order valence-corrected chi connectivity index (χ0v) is 16.6. The molecule has 2 N–H and O–H groups in total. The predicted octanol–water partition coefficient (Wildman–Crippen LogP) is 4.51. The first-order valence-corrected chi connectivity index (χ1v) is 10.1. The van der Waals surface area contributed by atoms with Crippen molar-refractivity contribution in [2.75, 3.05) is 23.8 Å². The molecule has 1 aliphatic heterocycles. The monoisotopic (exact) mass is 408 g/mol. The molecular formula is C22H20N2O4S. The smallest absolute Gasteiger partial charge is 0.265 e. The molecule has 0 fully saturated rings. The minimum absolute atomic E-state index is 0.128. The molecule has 4 rings (SSSR count). The number of ether oxygens (including phenoxy) is 2. The maximum atomic E-state index is 12.6. The summed E-state index contributed by atoms with van der Waals surface area (Å²) in [6.07, 6.45) is 0. The largest absolute Gasteiger partial charge is 0.486 e. The van der Waals surface area contributed by atoms with E-state index in [9.17, 15) is 9.59 Å². The quantitative estimate of drug-likeness (QED) is 0.651. The van der Waals surface area contributed by atoms with Crippen LogP contribution in [0.2, 0.25) is 0 Å². The molecule has 6 nitrogen and oxygen atoms in total. The van der Waals surface area contributed by atoms with Crippen LogP contribution in [0.5, 0.6) is 11.5 Å². The highest BCUT2D eigenvalue weighted by molar-refractivity contribution is 7.12. The number of rotatable bonds is 5. The van der Waals surface area contributed by atoms with Crippen LogP contribution >= 0.6 is 11.3 Å². The fraction of sp³-hybridized carbons (Fsp3) is 0.182. The Kier molecular flexibility index (Phi) is 5.48. The fourth-order valence-corrected chi connectivity index (χ4v) is 3.59. The number of hydrogen-bond donors (Lipinski definition) is 2. The summed E-state index contributed by atoms with van der Waals surface area (Å²) < 4.78 is 11.1. The number of carbonyl (C=O) groups is 2. The van der Waals surface area contributed by atoms with Crippen LogP contribution in [0.4, 0.5) is 11.4 Å². The van der Waals surface area contributed by atoms with Crippen molar-refractivity contribution in [3.63, 3.8) is 0 Å². The van der Waals surface area contributed by atoms with Crippen LogP contribution in [0.1, 0.15) is 28.1 Å². The molecule has 29 heavy (non-hydrogen) atoms. The van der Waals surface area contributed by atoms with Gasteiger partial charge in [0.1, 0.15) is 13.2 Å². The summed E-state index contributed by atoms with van der Waals surface area (Å²) in [6, 6.07) is 16.2. The number of nitrogens with one attached hydrogen (secondary N) is 2. The number of carbonyl (C=O) groups excluding carboxylic acids is 2. The molecule has 0 spiro atoms. The Morgan fingerprint density at radius 3 is 2.31 bits per heavy atom. The molecule has 0 saturated heterocycles. The maximum Gasteiger partial charge on any atom is 0.265 e. The summed E-state index contributed by atoms with van der Waals surface area (Å²) in [5.41, 5.74) is 2.18. The van der Waals surface area contributed by atoms with Crippen molar-refractivity contribution in [1.29, 1.82) is 0 Å². The van der Waals surface area contributed by atoms with Crippen LogP contribution in [0.15, 0.2) is 60.0 Å². The molecule has 2 amide bonds. The molecule has 1 unspecified atom stereocenters. The summed E-state index contributed by atoms with van der Waals surface area (Å²) in [6.45, 7) is 2.88. The lowest BCUT2D eigenvalue weighted by Gasteiger charge is -2.20. The lowest BCUT2D eigenvalue weighted by molar-refractivity contribution is -0.117. The van der Waals surface area contributed by atoms with Gasteiger partial charge in [-0.1, -0.05) is 12.1 Å². The Labute approximate surface area is 172 Å². The van der Waals surface area contributed by atoms with E-state index in [-0.39, 0.29) is 17.7 Å². The third-order valence-electron chi connectivity index (χ3n) is 4.61. The third kappa shape index (κ3) is 4.41. The molecule has 2 aromatic carbocycles. The first-order valence-electron chi connectivity index (χ1n) is 9.25. The Morgan fingerprint density at radius 2 is 1.62 bits per heavy atom. The fourth-order valence-electron chi connectivity index (χ4n) is 2.97. The lowest BCUT2D eigenvalue weighted by atomic mass is 9.99. The third-order valence-corrected chi connectivity index (χ3v) is 5.48. The van der Waals surface area contributed by atoms with Gasteiger partial charge in [-0.05, 0) is 60.3 Å². The van der Waals surface area contributed by atoms with Gasteiger partial charge < -0.3 is 20.1 Å². The normalized spacial score (nSPS) is 13.4. The van der Waals surface area contributed by atoms with Crippen molar-refractivity contribution < 1.29 is 19.1 Å². The number of amides is 2. The number of benzene rings is 2. The second-order valence-electron chi connectivity index (χ2n) is 6.62. The summed E-state index contributed by atoms with van der Waals surface area (Å²) in [5.74, 6) is 0.733. The highest BCUT2D eigenvalue weighted by Gasteiger charge is 2.19. The first kappa shape index (κ1) is 19.0. The summed E-state index contributed by atoms with van der Waals surface area (Å²) >= 11 is 1.39. The molecule has 7 heteroatoms. The van der Waals surface area contributed by atoms with E-state index in [0.717, 1.165) is 5.56 Å². The van der Waals surface area contributed by atoms with Gasteiger partial charge in [-0.15, -0.1) is 11.3 Å². The van der Waals surface area contributed by atoms with E-state index in [1.807, 2.05) is 36.6 Å². The topological polar surface area (TPSA) is 76.7 Å². The number of fused-ring (bicyclic) bond motifs is 1. The van der Waals surface area contributed by atoms with Gasteiger partial charge in [-0.2, -0.15) is 0 Å². The zero-order chi connectivity index (χ0) is 20.2. The number of anilines is 2. The Bertz CT molecular complexity index is 1020. The molecule has 3 aromatic rings. The lowest BCUT2D eigenvalue weighted by Crippen LogP contribution is -2.20. The molecular weight excluding hydrogens is 388 g/mol. The van der Waals surface area contributed by atoms with Gasteiger partial charge in [0.2, 0.25) is 5.91 Å². The minimum atomic E-state index is -0.357. The van der Waals surface area contributed by atoms with E-state index >= 15 is 0 Å². The molecule has 2 heterocycles. The Balaban J connectivity index is 1.38. The molecule has 1 aliphatic rings. The van der Waals surface area contributed by atoms with Gasteiger partial charge in [0.05, 0.1) is 10.8 Å². The van der Waals surface area contributed by atoms with Crippen LogP contribution in [0.3, 0.4) is 0 Å². The standard InChI is InChI=1S/C22H20N2O4S/c1-14(15-4-9-18-19(13-15)28-11-10-27-18)21(25)23-16-5-7-17(8-6-16)24-22(26)20-3-2-12-29-20/h2-9,12-14H,10-11H2,1H3,(H,23,25)(H,24,26). The highest BCUT2D eigenvalue weighted by atomic mass is 32.1. The second kappa shape index (κ2) is 8.36. The van der Waals surface area contributed by atoms with Gasteiger partial charge in [0.25, 0.3) is 5.91 Å². The number of hydrogen-bond acceptors (Lipinski definition) is 5. The molecule has 0 saturated carbocycles. The summed E-state index contributed by atoms with van der Waals surface area (Å²) in [4.78, 5) is 25.4. The average molecular weight is 408 g/mol. The molecule has 0 bridgehead atoms. The molecule has 1 atom stereocenters. The van der Waals surface area contributed by atoms with Crippen molar-refractivity contribution in [2.24, 2.45) is 0 Å². The molecule has 0 aliphatic carbocycles. The van der Waals surface area contributed by atoms with Crippen LogP contribution in [0, 0.1) is 0 Å². The summed E-state index contributed by atoms with van der Waals surface area (Å²) in [7, 11) is 0. The Hall–Kier alpha value is -3.32. The van der Waals surface area contributed by atoms with E-state index in [1.165, 1.54) is 11.3 Å². The van der Waals surface area contributed by atoms with E-state index in [1.54, 1.807) is 30.3 Å². The average Bonchev–Trinajstić information content (AvgIpc) is 3.29. The van der Waals surface area contributed by atoms with Crippen molar-refractivity contribution in [2.45, 2.75) is 12.8 Å². The van der Waals surface area contributed by atoms with Gasteiger partial charge in [-0.3, -0.25) is 9.59 Å². The molecule has 148 valence electrons. The van der Waals surface area contributed by atoms with Crippen LogP contribution in [-0.4, -0.2) is 25.0 Å². The Morgan fingerprint density at radius 1 is 0.931 bits per heavy atom. The highest BCUT2D eigenvalue weighted by Crippen LogP contribution is 2.33. The van der Waals surface area contributed by atoms with Crippen LogP contribution in [-0.2, 0) is 4.79 Å². The SMILES string of the molecule is CC(C(=O)Nc1ccc(NC(=O)c2cccs2)cc1)c1ccc2c(c1)OCCO2. The van der Waals surface area contributed by atoms with Gasteiger partial charge in [0.15, 0.2) is 11.5 Å². The summed E-state index contributed by atoms with van der Waals surface area (Å²) in [5, 5.41) is 7.60. The van der Waals surface area contributed by atoms with Gasteiger partial charge >= 0.3 is 0 Å². The van der Waals surface area contributed by atoms with E-state index in [0.29, 0.717) is 41.0 Å². The van der Waals surface area contributed by atoms with Gasteiger partial charge in [0, 0.05) is 11.4 Å². The van der Waals surface area contributed by atoms with E-state index in [4.69, 9.17) is 9.47 Å². The molecule has 1 aromatic heterocycles. The van der Waals surface area contributed by atoms with Crippen molar-refractivity contribution in [3.05, 3.63) is 70.4 Å². The van der Waals surface area contributed by atoms with Crippen molar-refractivity contribution >= 4 is 34.5 Å². The minimum Gasteiger partial charge on any atom is -0.486 e. The second-order valence-corrected chi connectivity index (χ2v) is 7.57. The van der Waals surface area contributed by atoms with Crippen LogP contribution < -0.4 is 20.1 Å².